The van der Waals surface area contributed by atoms with Crippen LogP contribution in [0.3, 0.4) is 0 Å². The van der Waals surface area contributed by atoms with Gasteiger partial charge in [-0.1, -0.05) is 22.0 Å². The zero-order valence-corrected chi connectivity index (χ0v) is 12.1. The van der Waals surface area contributed by atoms with Crippen molar-refractivity contribution in [2.45, 2.75) is 19.8 Å². The Morgan fingerprint density at radius 3 is 2.82 bits per heavy atom. The normalized spacial score (nSPS) is 10.1. The summed E-state index contributed by atoms with van der Waals surface area (Å²) >= 11 is 3.47. The molecule has 94 valence electrons. The van der Waals surface area contributed by atoms with Crippen LogP contribution in [-0.2, 0) is 9.53 Å². The van der Waals surface area contributed by atoms with Crippen molar-refractivity contribution in [1.82, 2.24) is 0 Å². The van der Waals surface area contributed by atoms with Crippen molar-refractivity contribution in [2.24, 2.45) is 0 Å². The Hall–Kier alpha value is -1.03. The van der Waals surface area contributed by atoms with Crippen LogP contribution in [0.1, 0.15) is 18.4 Å². The molecule has 1 rings (SSSR count). The summed E-state index contributed by atoms with van der Waals surface area (Å²) in [5.74, 6) is -0.149. The van der Waals surface area contributed by atoms with Gasteiger partial charge in [0.2, 0.25) is 0 Å². The van der Waals surface area contributed by atoms with E-state index in [4.69, 9.17) is 0 Å². The molecule has 1 aromatic rings. The van der Waals surface area contributed by atoms with Crippen molar-refractivity contribution < 1.29 is 9.53 Å². The molecule has 0 saturated carbocycles. The second-order valence-electron chi connectivity index (χ2n) is 4.03. The zero-order valence-electron chi connectivity index (χ0n) is 10.5. The molecule has 0 spiro atoms. The molecule has 0 fully saturated rings. The third-order valence-electron chi connectivity index (χ3n) is 2.68. The van der Waals surface area contributed by atoms with Crippen molar-refractivity contribution in [1.29, 1.82) is 0 Å². The first-order chi connectivity index (χ1) is 8.04. The molecule has 0 aliphatic rings. The van der Waals surface area contributed by atoms with Crippen LogP contribution in [0, 0.1) is 6.92 Å². The van der Waals surface area contributed by atoms with Gasteiger partial charge < -0.3 is 9.64 Å². The Balaban J connectivity index is 2.54. The molecule has 0 heterocycles. The number of hydrogen-bond acceptors (Lipinski definition) is 3. The highest BCUT2D eigenvalue weighted by Gasteiger charge is 2.06. The fourth-order valence-electron chi connectivity index (χ4n) is 1.68. The number of esters is 1. The third kappa shape index (κ3) is 4.38. The van der Waals surface area contributed by atoms with Crippen molar-refractivity contribution in [3.8, 4) is 0 Å². The summed E-state index contributed by atoms with van der Waals surface area (Å²) in [6, 6.07) is 6.20. The molecule has 17 heavy (non-hydrogen) atoms. The SMILES string of the molecule is COC(=O)CCCN(C)c1cc(Br)ccc1C. The first kappa shape index (κ1) is 14.0. The number of methoxy groups -OCH3 is 1. The molecule has 0 unspecified atom stereocenters. The maximum atomic E-state index is 11.0. The lowest BCUT2D eigenvalue weighted by molar-refractivity contribution is -0.140. The fourth-order valence-corrected chi connectivity index (χ4v) is 2.03. The van der Waals surface area contributed by atoms with E-state index in [0.717, 1.165) is 17.4 Å². The van der Waals surface area contributed by atoms with Crippen LogP contribution in [0.4, 0.5) is 5.69 Å². The second kappa shape index (κ2) is 6.64. The molecule has 0 aliphatic heterocycles. The van der Waals surface area contributed by atoms with Crippen molar-refractivity contribution in [2.75, 3.05) is 25.6 Å². The van der Waals surface area contributed by atoms with E-state index >= 15 is 0 Å². The Morgan fingerprint density at radius 1 is 1.47 bits per heavy atom. The zero-order chi connectivity index (χ0) is 12.8. The number of carbonyl (C=O) groups is 1. The van der Waals surface area contributed by atoms with E-state index in [1.807, 2.05) is 13.1 Å². The summed E-state index contributed by atoms with van der Waals surface area (Å²) in [4.78, 5) is 13.2. The molecule has 0 saturated heterocycles. The van der Waals surface area contributed by atoms with Gasteiger partial charge in [-0.25, -0.2) is 0 Å². The number of anilines is 1. The number of benzene rings is 1. The summed E-state index contributed by atoms with van der Waals surface area (Å²) in [6.45, 7) is 2.92. The summed E-state index contributed by atoms with van der Waals surface area (Å²) in [5.41, 5.74) is 2.41. The van der Waals surface area contributed by atoms with Crippen LogP contribution in [0.5, 0.6) is 0 Å². The van der Waals surface area contributed by atoms with Crippen LogP contribution in [0.25, 0.3) is 0 Å². The predicted molar refractivity (Wildman–Crippen MR) is 73.4 cm³/mol. The number of halogens is 1. The lowest BCUT2D eigenvalue weighted by Gasteiger charge is -2.21. The summed E-state index contributed by atoms with van der Waals surface area (Å²) in [5, 5.41) is 0. The van der Waals surface area contributed by atoms with Crippen molar-refractivity contribution >= 4 is 27.6 Å². The average Bonchev–Trinajstić information content (AvgIpc) is 2.31. The van der Waals surface area contributed by atoms with Gasteiger partial charge in [-0.3, -0.25) is 4.79 Å². The molecule has 0 bridgehead atoms. The monoisotopic (exact) mass is 299 g/mol. The Bertz CT molecular complexity index is 393. The standard InChI is InChI=1S/C13H18BrNO2/c1-10-6-7-11(14)9-12(10)15(2)8-4-5-13(16)17-3/h6-7,9H,4-5,8H2,1-3H3. The van der Waals surface area contributed by atoms with Gasteiger partial charge in [-0.2, -0.15) is 0 Å². The van der Waals surface area contributed by atoms with Crippen LogP contribution >= 0.6 is 15.9 Å². The highest BCUT2D eigenvalue weighted by molar-refractivity contribution is 9.10. The van der Waals surface area contributed by atoms with E-state index in [1.165, 1.54) is 18.4 Å². The second-order valence-corrected chi connectivity index (χ2v) is 4.95. The number of hydrogen-bond donors (Lipinski definition) is 0. The van der Waals surface area contributed by atoms with Gasteiger partial charge in [-0.05, 0) is 31.0 Å². The molecular weight excluding hydrogens is 282 g/mol. The van der Waals surface area contributed by atoms with Gasteiger partial charge in [0.15, 0.2) is 0 Å². The Kier molecular flexibility index (Phi) is 5.48. The molecule has 0 radical (unpaired) electrons. The topological polar surface area (TPSA) is 29.5 Å². The van der Waals surface area contributed by atoms with Crippen LogP contribution in [0.2, 0.25) is 0 Å². The molecule has 1 aromatic carbocycles. The molecule has 3 nitrogen and oxygen atoms in total. The van der Waals surface area contributed by atoms with Gasteiger partial charge in [0.25, 0.3) is 0 Å². The van der Waals surface area contributed by atoms with Gasteiger partial charge in [0.05, 0.1) is 7.11 Å². The quantitative estimate of drug-likeness (QED) is 0.782. The van der Waals surface area contributed by atoms with E-state index < -0.39 is 0 Å². The minimum atomic E-state index is -0.149. The third-order valence-corrected chi connectivity index (χ3v) is 3.18. The Morgan fingerprint density at radius 2 is 2.18 bits per heavy atom. The number of rotatable bonds is 5. The van der Waals surface area contributed by atoms with Gasteiger partial charge in [0, 0.05) is 30.2 Å². The minimum Gasteiger partial charge on any atom is -0.469 e. The number of ether oxygens (including phenoxy) is 1. The van der Waals surface area contributed by atoms with E-state index in [2.05, 4.69) is 44.6 Å². The Labute approximate surface area is 111 Å². The molecular formula is C13H18BrNO2. The highest BCUT2D eigenvalue weighted by atomic mass is 79.9. The van der Waals surface area contributed by atoms with Crippen molar-refractivity contribution in [3.05, 3.63) is 28.2 Å². The lowest BCUT2D eigenvalue weighted by atomic mass is 10.2. The van der Waals surface area contributed by atoms with Gasteiger partial charge in [0.1, 0.15) is 0 Å². The maximum Gasteiger partial charge on any atom is 0.305 e. The smallest absolute Gasteiger partial charge is 0.305 e. The summed E-state index contributed by atoms with van der Waals surface area (Å²) < 4.78 is 5.68. The summed E-state index contributed by atoms with van der Waals surface area (Å²) in [6.07, 6.45) is 1.27. The number of aryl methyl sites for hydroxylation is 1. The van der Waals surface area contributed by atoms with E-state index in [-0.39, 0.29) is 5.97 Å². The van der Waals surface area contributed by atoms with Crippen molar-refractivity contribution in [3.63, 3.8) is 0 Å². The van der Waals surface area contributed by atoms with Crippen LogP contribution in [0.15, 0.2) is 22.7 Å². The average molecular weight is 300 g/mol. The van der Waals surface area contributed by atoms with E-state index in [1.54, 1.807) is 0 Å². The minimum absolute atomic E-state index is 0.149. The van der Waals surface area contributed by atoms with E-state index in [0.29, 0.717) is 6.42 Å². The predicted octanol–water partition coefficient (Wildman–Crippen LogP) is 3.15. The fraction of sp³-hybridized carbons (Fsp3) is 0.462. The maximum absolute atomic E-state index is 11.0. The van der Waals surface area contributed by atoms with E-state index in [9.17, 15) is 4.79 Å². The van der Waals surface area contributed by atoms with Gasteiger partial charge >= 0.3 is 5.97 Å². The summed E-state index contributed by atoms with van der Waals surface area (Å²) in [7, 11) is 3.45. The molecule has 0 atom stereocenters. The van der Waals surface area contributed by atoms with Crippen LogP contribution in [-0.4, -0.2) is 26.7 Å². The van der Waals surface area contributed by atoms with Crippen LogP contribution < -0.4 is 4.90 Å². The van der Waals surface area contributed by atoms with Gasteiger partial charge in [-0.15, -0.1) is 0 Å². The number of nitrogens with zero attached hydrogens (tertiary/aromatic N) is 1. The first-order valence-electron chi connectivity index (χ1n) is 5.58. The molecule has 4 heteroatoms. The number of carbonyl (C=O) groups excluding carboxylic acids is 1. The molecule has 0 aromatic heterocycles. The molecule has 0 N–H and O–H groups in total. The molecule has 0 amide bonds. The highest BCUT2D eigenvalue weighted by Crippen LogP contribution is 2.23. The largest absolute Gasteiger partial charge is 0.469 e. The lowest BCUT2D eigenvalue weighted by Crippen LogP contribution is -2.20. The first-order valence-corrected chi connectivity index (χ1v) is 6.38. The molecule has 0 aliphatic carbocycles.